The minimum atomic E-state index is -4.63. The summed E-state index contributed by atoms with van der Waals surface area (Å²) in [7, 11) is 0. The third-order valence-electron chi connectivity index (χ3n) is 5.02. The summed E-state index contributed by atoms with van der Waals surface area (Å²) in [6, 6.07) is 14.4. The van der Waals surface area contributed by atoms with Crippen LogP contribution >= 0.6 is 0 Å². The van der Waals surface area contributed by atoms with Crippen LogP contribution in [0.25, 0.3) is 6.08 Å². The number of aryl methyl sites for hydroxylation is 2. The van der Waals surface area contributed by atoms with Crippen molar-refractivity contribution in [2.24, 2.45) is 0 Å². The Balaban J connectivity index is 1.88. The summed E-state index contributed by atoms with van der Waals surface area (Å²) in [6.07, 6.45) is -3.28. The van der Waals surface area contributed by atoms with Gasteiger partial charge in [-0.2, -0.15) is 23.5 Å². The highest BCUT2D eigenvalue weighted by atomic mass is 19.4. The minimum absolute atomic E-state index is 0.317. The fourth-order valence-corrected chi connectivity index (χ4v) is 3.26. The topological polar surface area (TPSA) is 70.7 Å². The van der Waals surface area contributed by atoms with Gasteiger partial charge in [-0.3, -0.25) is 9.48 Å². The molecule has 3 rings (SSSR count). The molecule has 0 unspecified atom stereocenters. The summed E-state index contributed by atoms with van der Waals surface area (Å²) >= 11 is 0. The molecule has 0 aliphatic heterocycles. The van der Waals surface area contributed by atoms with Crippen LogP contribution in [0.1, 0.15) is 33.6 Å². The molecule has 8 heteroatoms. The SMILES string of the molecule is Cc1ccc(Cn2nc(C)c(/C=C(\C#N)C(=O)Nc3ccccc3C(F)(F)F)c2C)cc1. The van der Waals surface area contributed by atoms with E-state index in [1.807, 2.05) is 38.1 Å². The van der Waals surface area contributed by atoms with E-state index in [2.05, 4.69) is 10.4 Å². The molecule has 3 aromatic rings. The molecule has 0 spiro atoms. The molecule has 0 saturated heterocycles. The Kier molecular flexibility index (Phi) is 6.49. The molecule has 0 atom stereocenters. The van der Waals surface area contributed by atoms with Crippen LogP contribution in [-0.2, 0) is 17.5 Å². The number of nitriles is 1. The molecule has 1 N–H and O–H groups in total. The number of aromatic nitrogens is 2. The lowest BCUT2D eigenvalue weighted by molar-refractivity contribution is -0.137. The van der Waals surface area contributed by atoms with Crippen molar-refractivity contribution in [1.82, 2.24) is 9.78 Å². The Morgan fingerprint density at radius 3 is 2.41 bits per heavy atom. The van der Waals surface area contributed by atoms with Crippen molar-refractivity contribution in [3.8, 4) is 6.07 Å². The monoisotopic (exact) mass is 438 g/mol. The number of para-hydroxylation sites is 1. The van der Waals surface area contributed by atoms with E-state index in [0.29, 0.717) is 17.8 Å². The fourth-order valence-electron chi connectivity index (χ4n) is 3.26. The molecule has 2 aromatic carbocycles. The summed E-state index contributed by atoms with van der Waals surface area (Å²) in [5.74, 6) is -0.922. The number of nitrogens with zero attached hydrogens (tertiary/aromatic N) is 3. The van der Waals surface area contributed by atoms with Gasteiger partial charge in [0.15, 0.2) is 0 Å². The Hall–Kier alpha value is -3.86. The van der Waals surface area contributed by atoms with Gasteiger partial charge in [0, 0.05) is 11.3 Å². The highest BCUT2D eigenvalue weighted by Gasteiger charge is 2.33. The standard InChI is InChI=1S/C24H21F3N4O/c1-15-8-10-18(11-9-15)14-31-17(3)20(16(2)30-31)12-19(13-28)23(32)29-22-7-5-4-6-21(22)24(25,26)27/h4-12H,14H2,1-3H3,(H,29,32)/b19-12+. The average Bonchev–Trinajstić information content (AvgIpc) is 3.00. The number of benzene rings is 2. The molecule has 164 valence electrons. The summed E-state index contributed by atoms with van der Waals surface area (Å²) in [5, 5.41) is 16.2. The first-order valence-corrected chi connectivity index (χ1v) is 9.79. The number of halogens is 3. The van der Waals surface area contributed by atoms with E-state index in [1.54, 1.807) is 17.7 Å². The average molecular weight is 438 g/mol. The predicted octanol–water partition coefficient (Wildman–Crippen LogP) is 5.42. The van der Waals surface area contributed by atoms with Crippen molar-refractivity contribution in [2.45, 2.75) is 33.5 Å². The second kappa shape index (κ2) is 9.10. The molecule has 1 heterocycles. The number of alkyl halides is 3. The lowest BCUT2D eigenvalue weighted by Crippen LogP contribution is -2.17. The summed E-state index contributed by atoms with van der Waals surface area (Å²) in [6.45, 7) is 6.06. The maximum atomic E-state index is 13.2. The van der Waals surface area contributed by atoms with E-state index in [0.717, 1.165) is 29.0 Å². The largest absolute Gasteiger partial charge is 0.418 e. The van der Waals surface area contributed by atoms with Gasteiger partial charge in [0.1, 0.15) is 11.6 Å². The quantitative estimate of drug-likeness (QED) is 0.427. The minimum Gasteiger partial charge on any atom is -0.321 e. The Bertz CT molecular complexity index is 1220. The van der Waals surface area contributed by atoms with Crippen molar-refractivity contribution in [3.63, 3.8) is 0 Å². The van der Waals surface area contributed by atoms with Crippen LogP contribution in [0, 0.1) is 32.1 Å². The Morgan fingerprint density at radius 1 is 1.12 bits per heavy atom. The van der Waals surface area contributed by atoms with Gasteiger partial charge >= 0.3 is 6.18 Å². The zero-order chi connectivity index (χ0) is 23.5. The zero-order valence-corrected chi connectivity index (χ0v) is 17.8. The van der Waals surface area contributed by atoms with E-state index in [1.165, 1.54) is 18.2 Å². The second-order valence-corrected chi connectivity index (χ2v) is 7.40. The van der Waals surface area contributed by atoms with Gasteiger partial charge in [0.05, 0.1) is 23.5 Å². The molecule has 1 aromatic heterocycles. The lowest BCUT2D eigenvalue weighted by atomic mass is 10.1. The molecule has 0 fully saturated rings. The number of amides is 1. The van der Waals surface area contributed by atoms with Gasteiger partial charge in [0.25, 0.3) is 5.91 Å². The number of anilines is 1. The molecule has 0 aliphatic carbocycles. The number of carbonyl (C=O) groups is 1. The molecule has 0 radical (unpaired) electrons. The van der Waals surface area contributed by atoms with Crippen LogP contribution in [0.2, 0.25) is 0 Å². The van der Waals surface area contributed by atoms with Gasteiger partial charge in [-0.1, -0.05) is 42.0 Å². The summed E-state index contributed by atoms with van der Waals surface area (Å²) in [5.41, 5.74) is 2.39. The summed E-state index contributed by atoms with van der Waals surface area (Å²) in [4.78, 5) is 12.6. The predicted molar refractivity (Wildman–Crippen MR) is 116 cm³/mol. The third kappa shape index (κ3) is 5.06. The highest BCUT2D eigenvalue weighted by molar-refractivity contribution is 6.10. The number of nitrogens with one attached hydrogen (secondary N) is 1. The van der Waals surface area contributed by atoms with Crippen LogP contribution in [0.4, 0.5) is 18.9 Å². The molecular weight excluding hydrogens is 417 g/mol. The number of carbonyl (C=O) groups excluding carboxylic acids is 1. The third-order valence-corrected chi connectivity index (χ3v) is 5.02. The molecule has 0 saturated carbocycles. The number of rotatable bonds is 5. The first kappa shape index (κ1) is 22.8. The van der Waals surface area contributed by atoms with Gasteiger partial charge in [0.2, 0.25) is 0 Å². The molecule has 1 amide bonds. The molecule has 5 nitrogen and oxygen atoms in total. The van der Waals surface area contributed by atoms with Crippen molar-refractivity contribution < 1.29 is 18.0 Å². The molecular formula is C24H21F3N4O. The first-order valence-electron chi connectivity index (χ1n) is 9.79. The van der Waals surface area contributed by atoms with Gasteiger partial charge in [-0.05, 0) is 44.5 Å². The molecule has 0 aliphatic rings. The van der Waals surface area contributed by atoms with Crippen molar-refractivity contribution >= 4 is 17.7 Å². The van der Waals surface area contributed by atoms with Crippen LogP contribution in [0.15, 0.2) is 54.1 Å². The highest BCUT2D eigenvalue weighted by Crippen LogP contribution is 2.34. The van der Waals surface area contributed by atoms with E-state index in [9.17, 15) is 23.2 Å². The van der Waals surface area contributed by atoms with Gasteiger partial charge in [-0.25, -0.2) is 0 Å². The number of hydrogen-bond acceptors (Lipinski definition) is 3. The van der Waals surface area contributed by atoms with Crippen molar-refractivity contribution in [1.29, 1.82) is 5.26 Å². The van der Waals surface area contributed by atoms with E-state index in [-0.39, 0.29) is 5.57 Å². The van der Waals surface area contributed by atoms with E-state index >= 15 is 0 Å². The Morgan fingerprint density at radius 2 is 1.78 bits per heavy atom. The maximum Gasteiger partial charge on any atom is 0.418 e. The van der Waals surface area contributed by atoms with E-state index in [4.69, 9.17) is 0 Å². The normalized spacial score (nSPS) is 11.8. The summed E-state index contributed by atoms with van der Waals surface area (Å²) < 4.78 is 41.4. The first-order chi connectivity index (χ1) is 15.1. The van der Waals surface area contributed by atoms with Crippen LogP contribution < -0.4 is 5.32 Å². The Labute approximate surface area is 183 Å². The van der Waals surface area contributed by atoms with Crippen LogP contribution in [-0.4, -0.2) is 15.7 Å². The van der Waals surface area contributed by atoms with Crippen LogP contribution in [0.3, 0.4) is 0 Å². The number of hydrogen-bond donors (Lipinski definition) is 1. The van der Waals surface area contributed by atoms with E-state index < -0.39 is 23.3 Å². The van der Waals surface area contributed by atoms with Crippen LogP contribution in [0.5, 0.6) is 0 Å². The van der Waals surface area contributed by atoms with Gasteiger partial charge < -0.3 is 5.32 Å². The lowest BCUT2D eigenvalue weighted by Gasteiger charge is -2.13. The second-order valence-electron chi connectivity index (χ2n) is 7.40. The molecule has 0 bridgehead atoms. The molecule has 32 heavy (non-hydrogen) atoms. The van der Waals surface area contributed by atoms with Crippen molar-refractivity contribution in [3.05, 3.63) is 87.7 Å². The smallest absolute Gasteiger partial charge is 0.321 e. The maximum absolute atomic E-state index is 13.2. The fraction of sp³-hybridized carbons (Fsp3) is 0.208. The van der Waals surface area contributed by atoms with Gasteiger partial charge in [-0.15, -0.1) is 0 Å². The zero-order valence-electron chi connectivity index (χ0n) is 17.8. The van der Waals surface area contributed by atoms with Crippen molar-refractivity contribution in [2.75, 3.05) is 5.32 Å².